The number of likely N-dealkylation sites (N-methyl/N-ethyl adjacent to an activating group) is 1. The molecule has 19 heavy (non-hydrogen) atoms. The number of nitrogens with zero attached hydrogens (tertiary/aromatic N) is 1. The van der Waals surface area contributed by atoms with E-state index in [0.717, 1.165) is 25.1 Å². The first-order valence-corrected chi connectivity index (χ1v) is 6.85. The molecule has 2 rings (SSSR count). The van der Waals surface area contributed by atoms with E-state index in [1.165, 1.54) is 0 Å². The van der Waals surface area contributed by atoms with Crippen molar-refractivity contribution in [3.05, 3.63) is 30.3 Å². The van der Waals surface area contributed by atoms with Crippen LogP contribution in [0, 0.1) is 0 Å². The molecular weight excluding hydrogens is 240 g/mol. The highest BCUT2D eigenvalue weighted by molar-refractivity contribution is 5.94. The van der Waals surface area contributed by atoms with Crippen LogP contribution < -0.4 is 10.2 Å². The fourth-order valence-corrected chi connectivity index (χ4v) is 2.29. The number of ether oxygens (including phenoxy) is 1. The maximum absolute atomic E-state index is 12.1. The molecule has 104 valence electrons. The van der Waals surface area contributed by atoms with Crippen LogP contribution in [0.2, 0.25) is 0 Å². The lowest BCUT2D eigenvalue weighted by molar-refractivity contribution is -0.117. The molecule has 4 heteroatoms. The lowest BCUT2D eigenvalue weighted by Crippen LogP contribution is -2.43. The summed E-state index contributed by atoms with van der Waals surface area (Å²) in [6.45, 7) is 3.26. The predicted octanol–water partition coefficient (Wildman–Crippen LogP) is 1.81. The third-order valence-electron chi connectivity index (χ3n) is 3.62. The molecule has 0 saturated carbocycles. The maximum Gasteiger partial charge on any atom is 0.240 e. The number of para-hydroxylation sites is 1. The number of hydrogen-bond acceptors (Lipinski definition) is 3. The Kier molecular flexibility index (Phi) is 4.93. The van der Waals surface area contributed by atoms with Crippen molar-refractivity contribution in [2.45, 2.75) is 31.9 Å². The quantitative estimate of drug-likeness (QED) is 0.880. The Hall–Kier alpha value is -1.39. The summed E-state index contributed by atoms with van der Waals surface area (Å²) in [6.07, 6.45) is 2.45. The maximum atomic E-state index is 12.1. The number of carbonyl (C=O) groups is 1. The lowest BCUT2D eigenvalue weighted by atomic mass is 10.1. The Balaban J connectivity index is 1.80. The summed E-state index contributed by atoms with van der Waals surface area (Å²) in [6, 6.07) is 9.89. The summed E-state index contributed by atoms with van der Waals surface area (Å²) in [5.41, 5.74) is 0.916. The molecule has 1 saturated heterocycles. The minimum Gasteiger partial charge on any atom is -0.377 e. The first-order chi connectivity index (χ1) is 9.18. The van der Waals surface area contributed by atoms with Gasteiger partial charge in [-0.25, -0.2) is 0 Å². The Bertz CT molecular complexity index is 402. The first-order valence-electron chi connectivity index (χ1n) is 6.85. The van der Waals surface area contributed by atoms with E-state index in [4.69, 9.17) is 4.74 Å². The predicted molar refractivity (Wildman–Crippen MR) is 76.3 cm³/mol. The Morgan fingerprint density at radius 1 is 1.47 bits per heavy atom. The van der Waals surface area contributed by atoms with Crippen molar-refractivity contribution in [2.75, 3.05) is 25.1 Å². The summed E-state index contributed by atoms with van der Waals surface area (Å²) in [5.74, 6) is 0.0658. The van der Waals surface area contributed by atoms with Crippen molar-refractivity contribution >= 4 is 11.6 Å². The molecule has 1 fully saturated rings. The standard InChI is InChI=1S/C15H22N2O2/c1-12(14-9-6-10-19-14)16-11-15(18)17(2)13-7-4-3-5-8-13/h3-5,7-8,12,14,16H,6,9-11H2,1-2H3/t12-,14+/m0/s1. The molecule has 1 aliphatic rings. The summed E-state index contributed by atoms with van der Waals surface area (Å²) in [7, 11) is 1.80. The number of anilines is 1. The largest absolute Gasteiger partial charge is 0.377 e. The minimum absolute atomic E-state index is 0.0658. The van der Waals surface area contributed by atoms with Gasteiger partial charge in [0, 0.05) is 25.4 Å². The number of carbonyl (C=O) groups excluding carboxylic acids is 1. The van der Waals surface area contributed by atoms with Gasteiger partial charge in [-0.2, -0.15) is 0 Å². The van der Waals surface area contributed by atoms with E-state index < -0.39 is 0 Å². The zero-order valence-corrected chi connectivity index (χ0v) is 11.6. The van der Waals surface area contributed by atoms with Gasteiger partial charge in [0.1, 0.15) is 0 Å². The molecule has 1 amide bonds. The van der Waals surface area contributed by atoms with E-state index in [-0.39, 0.29) is 18.1 Å². The SMILES string of the molecule is C[C@H](NCC(=O)N(C)c1ccccc1)[C@H]1CCCO1. The van der Waals surface area contributed by atoms with E-state index in [1.807, 2.05) is 30.3 Å². The van der Waals surface area contributed by atoms with Crippen molar-refractivity contribution in [3.63, 3.8) is 0 Å². The molecule has 1 aromatic carbocycles. The molecule has 0 unspecified atom stereocenters. The minimum atomic E-state index is 0.0658. The van der Waals surface area contributed by atoms with E-state index in [2.05, 4.69) is 12.2 Å². The van der Waals surface area contributed by atoms with Gasteiger partial charge < -0.3 is 15.0 Å². The van der Waals surface area contributed by atoms with Crippen LogP contribution in [-0.2, 0) is 9.53 Å². The molecular formula is C15H22N2O2. The molecule has 0 bridgehead atoms. The summed E-state index contributed by atoms with van der Waals surface area (Å²) < 4.78 is 5.60. The Labute approximate surface area is 114 Å². The van der Waals surface area contributed by atoms with Crippen molar-refractivity contribution in [1.82, 2.24) is 5.32 Å². The molecule has 1 N–H and O–H groups in total. The van der Waals surface area contributed by atoms with Crippen molar-refractivity contribution in [1.29, 1.82) is 0 Å². The van der Waals surface area contributed by atoms with Crippen LogP contribution in [0.4, 0.5) is 5.69 Å². The van der Waals surface area contributed by atoms with Gasteiger partial charge in [0.05, 0.1) is 12.6 Å². The monoisotopic (exact) mass is 262 g/mol. The molecule has 4 nitrogen and oxygen atoms in total. The van der Waals surface area contributed by atoms with Gasteiger partial charge in [-0.3, -0.25) is 4.79 Å². The normalized spacial score (nSPS) is 20.2. The smallest absolute Gasteiger partial charge is 0.240 e. The number of nitrogens with one attached hydrogen (secondary N) is 1. The summed E-state index contributed by atoms with van der Waals surface area (Å²) in [4.78, 5) is 13.8. The second kappa shape index (κ2) is 6.68. The van der Waals surface area contributed by atoms with Crippen LogP contribution in [0.15, 0.2) is 30.3 Å². The van der Waals surface area contributed by atoms with Gasteiger partial charge in [-0.15, -0.1) is 0 Å². The van der Waals surface area contributed by atoms with Crippen molar-refractivity contribution in [3.8, 4) is 0 Å². The van der Waals surface area contributed by atoms with E-state index >= 15 is 0 Å². The number of hydrogen-bond donors (Lipinski definition) is 1. The molecule has 1 aliphatic heterocycles. The van der Waals surface area contributed by atoms with Gasteiger partial charge in [0.2, 0.25) is 5.91 Å². The zero-order chi connectivity index (χ0) is 13.7. The lowest BCUT2D eigenvalue weighted by Gasteiger charge is -2.22. The average molecular weight is 262 g/mol. The molecule has 0 aromatic heterocycles. The Morgan fingerprint density at radius 3 is 2.84 bits per heavy atom. The van der Waals surface area contributed by atoms with E-state index in [9.17, 15) is 4.79 Å². The highest BCUT2D eigenvalue weighted by Gasteiger charge is 2.22. The molecule has 1 heterocycles. The van der Waals surface area contributed by atoms with Crippen LogP contribution in [0.3, 0.4) is 0 Å². The second-order valence-corrected chi connectivity index (χ2v) is 5.01. The van der Waals surface area contributed by atoms with Crippen LogP contribution in [-0.4, -0.2) is 38.3 Å². The number of amides is 1. The van der Waals surface area contributed by atoms with Gasteiger partial charge in [0.15, 0.2) is 0 Å². The molecule has 2 atom stereocenters. The number of benzene rings is 1. The fourth-order valence-electron chi connectivity index (χ4n) is 2.29. The second-order valence-electron chi connectivity index (χ2n) is 5.01. The summed E-state index contributed by atoms with van der Waals surface area (Å²) in [5, 5.41) is 3.26. The van der Waals surface area contributed by atoms with Gasteiger partial charge in [-0.1, -0.05) is 18.2 Å². The molecule has 1 aromatic rings. The van der Waals surface area contributed by atoms with Gasteiger partial charge >= 0.3 is 0 Å². The van der Waals surface area contributed by atoms with E-state index in [0.29, 0.717) is 6.54 Å². The zero-order valence-electron chi connectivity index (χ0n) is 11.6. The van der Waals surface area contributed by atoms with Crippen LogP contribution in [0.1, 0.15) is 19.8 Å². The van der Waals surface area contributed by atoms with Crippen LogP contribution in [0.5, 0.6) is 0 Å². The van der Waals surface area contributed by atoms with Gasteiger partial charge in [-0.05, 0) is 31.9 Å². The van der Waals surface area contributed by atoms with Crippen LogP contribution >= 0.6 is 0 Å². The number of rotatable bonds is 5. The van der Waals surface area contributed by atoms with Crippen molar-refractivity contribution in [2.24, 2.45) is 0 Å². The highest BCUT2D eigenvalue weighted by Crippen LogP contribution is 2.15. The van der Waals surface area contributed by atoms with Gasteiger partial charge in [0.25, 0.3) is 0 Å². The fraction of sp³-hybridized carbons (Fsp3) is 0.533. The van der Waals surface area contributed by atoms with E-state index in [1.54, 1.807) is 11.9 Å². The Morgan fingerprint density at radius 2 is 2.21 bits per heavy atom. The van der Waals surface area contributed by atoms with Crippen molar-refractivity contribution < 1.29 is 9.53 Å². The van der Waals surface area contributed by atoms with Crippen LogP contribution in [0.25, 0.3) is 0 Å². The first kappa shape index (κ1) is 14.0. The third kappa shape index (κ3) is 3.78. The molecule has 0 spiro atoms. The third-order valence-corrected chi connectivity index (χ3v) is 3.62. The average Bonchev–Trinajstić information content (AvgIpc) is 2.98. The summed E-state index contributed by atoms with van der Waals surface area (Å²) >= 11 is 0. The molecule has 0 radical (unpaired) electrons. The highest BCUT2D eigenvalue weighted by atomic mass is 16.5. The topological polar surface area (TPSA) is 41.6 Å². The molecule has 0 aliphatic carbocycles.